The van der Waals surface area contributed by atoms with Crippen LogP contribution in [0, 0.1) is 0 Å². The Morgan fingerprint density at radius 1 is 1.80 bits per heavy atom. The first-order chi connectivity index (χ1) is 4.84. The van der Waals surface area contributed by atoms with E-state index >= 15 is 0 Å². The summed E-state index contributed by atoms with van der Waals surface area (Å²) < 4.78 is 0. The second kappa shape index (κ2) is 3.54. The van der Waals surface area contributed by atoms with Gasteiger partial charge in [0.05, 0.1) is 6.10 Å². The zero-order chi connectivity index (χ0) is 7.40. The molecule has 1 nitrogen and oxygen atoms in total. The second-order valence-electron chi connectivity index (χ2n) is 2.06. The highest BCUT2D eigenvalue weighted by atomic mass is 32.1. The first-order valence-electron chi connectivity index (χ1n) is 3.17. The molecule has 0 aliphatic rings. The largest absolute Gasteiger partial charge is 0.387 e. The Kier molecular flexibility index (Phi) is 2.66. The molecular weight excluding hydrogens is 144 g/mol. The summed E-state index contributed by atoms with van der Waals surface area (Å²) in [5.41, 5.74) is 0. The van der Waals surface area contributed by atoms with E-state index in [1.54, 1.807) is 17.4 Å². The van der Waals surface area contributed by atoms with E-state index in [4.69, 9.17) is 0 Å². The molecule has 0 aliphatic carbocycles. The Hall–Kier alpha value is -0.600. The van der Waals surface area contributed by atoms with Gasteiger partial charge in [-0.2, -0.15) is 0 Å². The number of hydrogen-bond acceptors (Lipinski definition) is 2. The Labute approximate surface area is 64.6 Å². The fraction of sp³-hybridized carbons (Fsp3) is 0.250. The number of thiophene rings is 1. The highest BCUT2D eigenvalue weighted by Crippen LogP contribution is 2.21. The molecule has 1 atom stereocenters. The van der Waals surface area contributed by atoms with Crippen LogP contribution in [0.25, 0.3) is 0 Å². The Bertz CT molecular complexity index is 191. The van der Waals surface area contributed by atoms with Crippen LogP contribution in [0.5, 0.6) is 0 Å². The minimum atomic E-state index is -0.350. The maximum absolute atomic E-state index is 9.35. The third-order valence-corrected chi connectivity index (χ3v) is 2.24. The SMILES string of the molecule is C=CC[C@@H](O)c1cccs1. The van der Waals surface area contributed by atoms with E-state index in [0.29, 0.717) is 6.42 Å². The van der Waals surface area contributed by atoms with Crippen LogP contribution in [-0.4, -0.2) is 5.11 Å². The zero-order valence-electron chi connectivity index (χ0n) is 5.66. The van der Waals surface area contributed by atoms with Crippen LogP contribution in [0.1, 0.15) is 17.4 Å². The molecule has 0 bridgehead atoms. The smallest absolute Gasteiger partial charge is 0.0916 e. The van der Waals surface area contributed by atoms with E-state index in [9.17, 15) is 5.11 Å². The zero-order valence-corrected chi connectivity index (χ0v) is 6.47. The van der Waals surface area contributed by atoms with Crippen LogP contribution in [0.3, 0.4) is 0 Å². The average molecular weight is 154 g/mol. The molecule has 0 amide bonds. The summed E-state index contributed by atoms with van der Waals surface area (Å²) in [6.07, 6.45) is 2.02. The van der Waals surface area contributed by atoms with Gasteiger partial charge in [0, 0.05) is 4.88 Å². The van der Waals surface area contributed by atoms with Gasteiger partial charge in [-0.15, -0.1) is 17.9 Å². The van der Waals surface area contributed by atoms with E-state index < -0.39 is 0 Å². The highest BCUT2D eigenvalue weighted by molar-refractivity contribution is 7.10. The van der Waals surface area contributed by atoms with Crippen molar-refractivity contribution in [3.63, 3.8) is 0 Å². The lowest BCUT2D eigenvalue weighted by Gasteiger charge is -2.02. The maximum atomic E-state index is 9.35. The molecule has 0 unspecified atom stereocenters. The molecule has 1 rings (SSSR count). The van der Waals surface area contributed by atoms with Crippen molar-refractivity contribution in [2.45, 2.75) is 12.5 Å². The maximum Gasteiger partial charge on any atom is 0.0916 e. The van der Waals surface area contributed by atoms with E-state index in [1.165, 1.54) is 0 Å². The van der Waals surface area contributed by atoms with Crippen molar-refractivity contribution in [1.29, 1.82) is 0 Å². The van der Waals surface area contributed by atoms with Crippen molar-refractivity contribution < 1.29 is 5.11 Å². The molecule has 1 aromatic rings. The molecule has 0 aliphatic heterocycles. The van der Waals surface area contributed by atoms with Gasteiger partial charge in [0.2, 0.25) is 0 Å². The second-order valence-corrected chi connectivity index (χ2v) is 3.03. The lowest BCUT2D eigenvalue weighted by Crippen LogP contribution is -1.90. The van der Waals surface area contributed by atoms with Crippen LogP contribution in [-0.2, 0) is 0 Å². The molecule has 54 valence electrons. The third kappa shape index (κ3) is 1.69. The number of aliphatic hydroxyl groups is 1. The molecule has 0 radical (unpaired) electrons. The van der Waals surface area contributed by atoms with Gasteiger partial charge in [-0.3, -0.25) is 0 Å². The summed E-state index contributed by atoms with van der Waals surface area (Å²) in [5.74, 6) is 0. The van der Waals surface area contributed by atoms with Gasteiger partial charge >= 0.3 is 0 Å². The van der Waals surface area contributed by atoms with Crippen LogP contribution < -0.4 is 0 Å². The van der Waals surface area contributed by atoms with E-state index in [1.807, 2.05) is 17.5 Å². The molecule has 1 heterocycles. The van der Waals surface area contributed by atoms with Gasteiger partial charge in [0.15, 0.2) is 0 Å². The molecule has 0 saturated carbocycles. The van der Waals surface area contributed by atoms with Crippen molar-refractivity contribution >= 4 is 11.3 Å². The van der Waals surface area contributed by atoms with Crippen LogP contribution >= 0.6 is 11.3 Å². The van der Waals surface area contributed by atoms with Crippen molar-refractivity contribution in [2.75, 3.05) is 0 Å². The van der Waals surface area contributed by atoms with Crippen LogP contribution in [0.15, 0.2) is 30.2 Å². The average Bonchev–Trinajstić information content (AvgIpc) is 2.38. The number of aliphatic hydroxyl groups excluding tert-OH is 1. The van der Waals surface area contributed by atoms with Crippen molar-refractivity contribution in [3.05, 3.63) is 35.0 Å². The molecular formula is C8H10OS. The first-order valence-corrected chi connectivity index (χ1v) is 4.05. The van der Waals surface area contributed by atoms with E-state index in [0.717, 1.165) is 4.88 Å². The molecule has 1 aromatic heterocycles. The van der Waals surface area contributed by atoms with Crippen molar-refractivity contribution in [3.8, 4) is 0 Å². The van der Waals surface area contributed by atoms with Crippen molar-refractivity contribution in [2.24, 2.45) is 0 Å². The minimum absolute atomic E-state index is 0.350. The molecule has 1 N–H and O–H groups in total. The fourth-order valence-electron chi connectivity index (χ4n) is 0.755. The summed E-state index contributed by atoms with van der Waals surface area (Å²) in [7, 11) is 0. The standard InChI is InChI=1S/C8H10OS/c1-2-4-7(9)8-5-3-6-10-8/h2-3,5-7,9H,1,4H2/t7-/m1/s1. The minimum Gasteiger partial charge on any atom is -0.387 e. The number of rotatable bonds is 3. The van der Waals surface area contributed by atoms with Gasteiger partial charge in [-0.25, -0.2) is 0 Å². The summed E-state index contributed by atoms with van der Waals surface area (Å²) in [6, 6.07) is 3.87. The predicted octanol–water partition coefficient (Wildman–Crippen LogP) is 2.36. The molecule has 2 heteroatoms. The van der Waals surface area contributed by atoms with Crippen LogP contribution in [0.2, 0.25) is 0 Å². The predicted molar refractivity (Wildman–Crippen MR) is 44.1 cm³/mol. The molecule has 0 spiro atoms. The Morgan fingerprint density at radius 2 is 2.60 bits per heavy atom. The Morgan fingerprint density at radius 3 is 3.10 bits per heavy atom. The molecule has 0 saturated heterocycles. The summed E-state index contributed by atoms with van der Waals surface area (Å²) >= 11 is 1.57. The van der Waals surface area contributed by atoms with Crippen molar-refractivity contribution in [1.82, 2.24) is 0 Å². The molecule has 0 fully saturated rings. The van der Waals surface area contributed by atoms with Gasteiger partial charge in [0.1, 0.15) is 0 Å². The lowest BCUT2D eigenvalue weighted by atomic mass is 10.2. The highest BCUT2D eigenvalue weighted by Gasteiger charge is 2.04. The summed E-state index contributed by atoms with van der Waals surface area (Å²) in [5, 5.41) is 11.3. The summed E-state index contributed by atoms with van der Waals surface area (Å²) in [4.78, 5) is 1.01. The normalized spacial score (nSPS) is 12.9. The van der Waals surface area contributed by atoms with E-state index in [2.05, 4.69) is 6.58 Å². The quantitative estimate of drug-likeness (QED) is 0.663. The molecule has 0 aromatic carbocycles. The molecule has 10 heavy (non-hydrogen) atoms. The first kappa shape index (κ1) is 7.51. The summed E-state index contributed by atoms with van der Waals surface area (Å²) in [6.45, 7) is 3.56. The van der Waals surface area contributed by atoms with Gasteiger partial charge in [-0.05, 0) is 17.9 Å². The third-order valence-electron chi connectivity index (χ3n) is 1.26. The number of hydrogen-bond donors (Lipinski definition) is 1. The monoisotopic (exact) mass is 154 g/mol. The van der Waals surface area contributed by atoms with Crippen LogP contribution in [0.4, 0.5) is 0 Å². The fourth-order valence-corrected chi connectivity index (χ4v) is 1.48. The van der Waals surface area contributed by atoms with E-state index in [-0.39, 0.29) is 6.10 Å². The van der Waals surface area contributed by atoms with Gasteiger partial charge in [0.25, 0.3) is 0 Å². The van der Waals surface area contributed by atoms with Gasteiger partial charge < -0.3 is 5.11 Å². The topological polar surface area (TPSA) is 20.2 Å². The Balaban J connectivity index is 2.58. The lowest BCUT2D eigenvalue weighted by molar-refractivity contribution is 0.185. The van der Waals surface area contributed by atoms with Gasteiger partial charge in [-0.1, -0.05) is 12.1 Å².